The lowest BCUT2D eigenvalue weighted by atomic mass is 9.65. The van der Waals surface area contributed by atoms with Crippen LogP contribution >= 0.6 is 0 Å². The number of aryl methyl sites for hydroxylation is 1. The summed E-state index contributed by atoms with van der Waals surface area (Å²) in [4.78, 5) is 19.5. The highest BCUT2D eigenvalue weighted by Gasteiger charge is 2.51. The van der Waals surface area contributed by atoms with Gasteiger partial charge in [0.2, 0.25) is 5.03 Å². The van der Waals surface area contributed by atoms with Crippen LogP contribution in [0.5, 0.6) is 0 Å². The Bertz CT molecular complexity index is 1640. The van der Waals surface area contributed by atoms with E-state index in [-0.39, 0.29) is 41.8 Å². The third-order valence-corrected chi connectivity index (χ3v) is 8.67. The second kappa shape index (κ2) is 8.53. The molecule has 0 unspecified atom stereocenters. The number of piperidine rings is 1. The monoisotopic (exact) mass is 519 g/mol. The van der Waals surface area contributed by atoms with Gasteiger partial charge in [-0.25, -0.2) is 17.5 Å². The maximum Gasteiger partial charge on any atom is 0.264 e. The normalized spacial score (nSPS) is 19.7. The van der Waals surface area contributed by atoms with Crippen molar-refractivity contribution in [1.29, 1.82) is 0 Å². The zero-order valence-electron chi connectivity index (χ0n) is 19.8. The van der Waals surface area contributed by atoms with Crippen molar-refractivity contribution in [3.05, 3.63) is 89.4 Å². The number of hydrogen-bond acceptors (Lipinski definition) is 7. The summed E-state index contributed by atoms with van der Waals surface area (Å²) >= 11 is 0. The Morgan fingerprint density at radius 1 is 1.08 bits per heavy atom. The standard InChI is InChI=1S/C25H22FN7O3S/c1-31-28-15-23(30-31)37(35,36)32-11-9-18-12-22-17(14-29-33(22)20-7-5-19(26)6-8-20)13-25(18,16-32)24(34)21-4-2-3-10-27-21/h2-8,10,12,14-15H,9,11,13,16H2,1H3/t25-/m0/s1. The molecule has 12 heteroatoms. The summed E-state index contributed by atoms with van der Waals surface area (Å²) in [6.07, 6.45) is 6.94. The van der Waals surface area contributed by atoms with Gasteiger partial charge in [0.1, 0.15) is 11.5 Å². The Kier molecular flexibility index (Phi) is 5.39. The fourth-order valence-corrected chi connectivity index (χ4v) is 6.52. The maximum atomic E-state index is 14.1. The van der Waals surface area contributed by atoms with Crippen molar-refractivity contribution in [1.82, 2.24) is 34.1 Å². The van der Waals surface area contributed by atoms with Crippen LogP contribution in [0.4, 0.5) is 4.39 Å². The Labute approximate surface area is 212 Å². The Hall–Kier alpha value is -4.03. The van der Waals surface area contributed by atoms with E-state index in [0.717, 1.165) is 16.8 Å². The number of Topliss-reactive ketones (excluding diaryl/α,β-unsaturated/α-hetero) is 1. The highest BCUT2D eigenvalue weighted by atomic mass is 32.2. The molecule has 0 amide bonds. The summed E-state index contributed by atoms with van der Waals surface area (Å²) in [5.41, 5.74) is 2.18. The molecule has 1 saturated heterocycles. The SMILES string of the molecule is Cn1ncc(S(=O)(=O)N2CCC3=Cc4c(cnn4-c4ccc(F)cc4)C[C@]3(C(=O)c3ccccn3)C2)n1. The molecule has 4 aromatic rings. The van der Waals surface area contributed by atoms with Gasteiger partial charge in [0.05, 0.1) is 29.2 Å². The molecule has 0 saturated carbocycles. The van der Waals surface area contributed by atoms with Crippen LogP contribution in [-0.4, -0.2) is 61.4 Å². The molecule has 0 spiro atoms. The van der Waals surface area contributed by atoms with E-state index >= 15 is 0 Å². The van der Waals surface area contributed by atoms with Crippen LogP contribution in [0.3, 0.4) is 0 Å². The molecule has 1 atom stereocenters. The number of carbonyl (C=O) groups is 1. The fourth-order valence-electron chi connectivity index (χ4n) is 5.13. The van der Waals surface area contributed by atoms with Gasteiger partial charge in [-0.1, -0.05) is 11.6 Å². The topological polar surface area (TPSA) is 116 Å². The van der Waals surface area contributed by atoms with E-state index in [2.05, 4.69) is 20.3 Å². The highest BCUT2D eigenvalue weighted by molar-refractivity contribution is 7.89. The van der Waals surface area contributed by atoms with Crippen LogP contribution in [0.25, 0.3) is 11.8 Å². The molecule has 10 nitrogen and oxygen atoms in total. The van der Waals surface area contributed by atoms with Gasteiger partial charge < -0.3 is 0 Å². The third-order valence-electron chi connectivity index (χ3n) is 6.97. The van der Waals surface area contributed by atoms with E-state index in [1.807, 2.05) is 6.08 Å². The molecule has 4 heterocycles. The van der Waals surface area contributed by atoms with Gasteiger partial charge in [-0.15, -0.1) is 5.10 Å². The molecule has 1 aromatic carbocycles. The first-order valence-corrected chi connectivity index (χ1v) is 13.1. The van der Waals surface area contributed by atoms with Crippen molar-refractivity contribution in [2.75, 3.05) is 13.1 Å². The van der Waals surface area contributed by atoms with Gasteiger partial charge in [0, 0.05) is 26.3 Å². The van der Waals surface area contributed by atoms with E-state index in [1.165, 1.54) is 27.4 Å². The number of pyridine rings is 1. The van der Waals surface area contributed by atoms with Gasteiger partial charge in [0.25, 0.3) is 10.0 Å². The fraction of sp³-hybridized carbons (Fsp3) is 0.240. The molecule has 0 radical (unpaired) electrons. The quantitative estimate of drug-likeness (QED) is 0.372. The number of ketones is 1. The molecule has 0 bridgehead atoms. The van der Waals surface area contributed by atoms with Crippen molar-refractivity contribution in [3.8, 4) is 5.69 Å². The number of benzene rings is 1. The second-order valence-corrected chi connectivity index (χ2v) is 11.1. The Morgan fingerprint density at radius 2 is 1.89 bits per heavy atom. The number of halogens is 1. The van der Waals surface area contributed by atoms with Crippen LogP contribution in [-0.2, 0) is 23.5 Å². The van der Waals surface area contributed by atoms with Gasteiger partial charge in [0.15, 0.2) is 5.78 Å². The first-order chi connectivity index (χ1) is 17.8. The van der Waals surface area contributed by atoms with E-state index in [0.29, 0.717) is 12.1 Å². The lowest BCUT2D eigenvalue weighted by molar-refractivity contribution is 0.0770. The van der Waals surface area contributed by atoms with Crippen molar-refractivity contribution in [2.45, 2.75) is 17.9 Å². The maximum absolute atomic E-state index is 14.1. The van der Waals surface area contributed by atoms with E-state index in [1.54, 1.807) is 54.5 Å². The zero-order chi connectivity index (χ0) is 25.8. The molecule has 3 aromatic heterocycles. The minimum Gasteiger partial charge on any atom is -0.291 e. The summed E-state index contributed by atoms with van der Waals surface area (Å²) < 4.78 is 43.4. The van der Waals surface area contributed by atoms with E-state index < -0.39 is 15.4 Å². The summed E-state index contributed by atoms with van der Waals surface area (Å²) in [6.45, 7) is 0.121. The van der Waals surface area contributed by atoms with E-state index in [4.69, 9.17) is 0 Å². The second-order valence-electron chi connectivity index (χ2n) is 9.18. The van der Waals surface area contributed by atoms with Crippen molar-refractivity contribution in [3.63, 3.8) is 0 Å². The Morgan fingerprint density at radius 3 is 2.59 bits per heavy atom. The van der Waals surface area contributed by atoms with E-state index in [9.17, 15) is 17.6 Å². The molecule has 0 N–H and O–H groups in total. The van der Waals surface area contributed by atoms with Crippen molar-refractivity contribution < 1.29 is 17.6 Å². The predicted molar refractivity (Wildman–Crippen MR) is 131 cm³/mol. The minimum absolute atomic E-state index is 0.0612. The average Bonchev–Trinajstić information content (AvgIpc) is 3.53. The first-order valence-electron chi connectivity index (χ1n) is 11.6. The van der Waals surface area contributed by atoms with Crippen molar-refractivity contribution >= 4 is 21.9 Å². The zero-order valence-corrected chi connectivity index (χ0v) is 20.6. The molecule has 1 aliphatic heterocycles. The molecular weight excluding hydrogens is 497 g/mol. The lowest BCUT2D eigenvalue weighted by Crippen LogP contribution is -2.53. The van der Waals surface area contributed by atoms with Crippen LogP contribution in [0, 0.1) is 11.2 Å². The first kappa shape index (κ1) is 23.4. The van der Waals surface area contributed by atoms with Gasteiger partial charge in [-0.3, -0.25) is 9.78 Å². The van der Waals surface area contributed by atoms with Crippen LogP contribution in [0.15, 0.2) is 71.7 Å². The summed E-state index contributed by atoms with van der Waals surface area (Å²) in [6, 6.07) is 11.1. The number of nitrogens with zero attached hydrogens (tertiary/aromatic N) is 7. The molecule has 1 aliphatic carbocycles. The van der Waals surface area contributed by atoms with Gasteiger partial charge in [-0.2, -0.15) is 19.3 Å². The number of sulfonamides is 1. The summed E-state index contributed by atoms with van der Waals surface area (Å²) in [5, 5.41) is 12.2. The molecule has 188 valence electrons. The average molecular weight is 520 g/mol. The Balaban J connectivity index is 1.45. The van der Waals surface area contributed by atoms with Crippen LogP contribution < -0.4 is 0 Å². The number of carbonyl (C=O) groups excluding carboxylic acids is 1. The predicted octanol–water partition coefficient (Wildman–Crippen LogP) is 2.44. The number of hydrogen-bond donors (Lipinski definition) is 0. The summed E-state index contributed by atoms with van der Waals surface area (Å²) in [7, 11) is -2.44. The smallest absolute Gasteiger partial charge is 0.264 e. The molecule has 2 aliphatic rings. The van der Waals surface area contributed by atoms with Crippen LogP contribution in [0.1, 0.15) is 28.2 Å². The molecule has 6 rings (SSSR count). The summed E-state index contributed by atoms with van der Waals surface area (Å²) in [5.74, 6) is -0.599. The number of aromatic nitrogens is 6. The van der Waals surface area contributed by atoms with Crippen molar-refractivity contribution in [2.24, 2.45) is 12.5 Å². The third kappa shape index (κ3) is 3.80. The van der Waals surface area contributed by atoms with Crippen LogP contribution in [0.2, 0.25) is 0 Å². The minimum atomic E-state index is -3.98. The lowest BCUT2D eigenvalue weighted by Gasteiger charge is -2.44. The molecular formula is C25H22FN7O3S. The highest BCUT2D eigenvalue weighted by Crippen LogP contribution is 2.47. The number of fused-ring (bicyclic) bond motifs is 2. The van der Waals surface area contributed by atoms with Gasteiger partial charge in [-0.05, 0) is 60.9 Å². The molecule has 37 heavy (non-hydrogen) atoms. The van der Waals surface area contributed by atoms with Gasteiger partial charge >= 0.3 is 0 Å². The number of rotatable bonds is 5. The molecule has 1 fully saturated rings. The largest absolute Gasteiger partial charge is 0.291 e.